The van der Waals surface area contributed by atoms with Crippen molar-refractivity contribution in [1.82, 2.24) is 5.32 Å². The molecule has 0 heterocycles. The van der Waals surface area contributed by atoms with E-state index >= 15 is 0 Å². The predicted octanol–water partition coefficient (Wildman–Crippen LogP) is 1.04. The Hall–Kier alpha value is -0.550. The molecule has 0 aromatic rings. The maximum Gasteiger partial charge on any atom is 0.106 e. The zero-order valence-electron chi connectivity index (χ0n) is 5.78. The summed E-state index contributed by atoms with van der Waals surface area (Å²) in [5.41, 5.74) is -0.167. The van der Waals surface area contributed by atoms with Gasteiger partial charge in [0.25, 0.3) is 0 Å². The van der Waals surface area contributed by atoms with E-state index in [4.69, 9.17) is 5.26 Å². The molecule has 0 unspecified atom stereocenters. The SMILES string of the molecule is CNC1(C#N)CCCC1. The van der Waals surface area contributed by atoms with E-state index < -0.39 is 0 Å². The molecule has 0 amide bonds. The zero-order valence-corrected chi connectivity index (χ0v) is 5.78. The lowest BCUT2D eigenvalue weighted by Crippen LogP contribution is -2.37. The number of hydrogen-bond acceptors (Lipinski definition) is 2. The van der Waals surface area contributed by atoms with E-state index in [1.165, 1.54) is 12.8 Å². The van der Waals surface area contributed by atoms with Crippen LogP contribution < -0.4 is 5.32 Å². The van der Waals surface area contributed by atoms with Crippen LogP contribution in [0.5, 0.6) is 0 Å². The largest absolute Gasteiger partial charge is 0.302 e. The molecule has 1 rings (SSSR count). The minimum absolute atomic E-state index is 0.167. The molecule has 50 valence electrons. The summed E-state index contributed by atoms with van der Waals surface area (Å²) in [4.78, 5) is 0. The molecule has 1 saturated carbocycles. The van der Waals surface area contributed by atoms with Gasteiger partial charge < -0.3 is 5.32 Å². The van der Waals surface area contributed by atoms with E-state index in [9.17, 15) is 0 Å². The van der Waals surface area contributed by atoms with Crippen molar-refractivity contribution in [2.24, 2.45) is 0 Å². The van der Waals surface area contributed by atoms with Crippen LogP contribution in [0.2, 0.25) is 0 Å². The van der Waals surface area contributed by atoms with Gasteiger partial charge in [-0.2, -0.15) is 5.26 Å². The molecule has 0 aromatic heterocycles. The summed E-state index contributed by atoms with van der Waals surface area (Å²) >= 11 is 0. The monoisotopic (exact) mass is 124 g/mol. The van der Waals surface area contributed by atoms with Gasteiger partial charge in [-0.05, 0) is 19.9 Å². The maximum absolute atomic E-state index is 8.70. The Balaban J connectivity index is 2.59. The standard InChI is InChI=1S/C7H12N2/c1-9-7(6-8)4-2-3-5-7/h9H,2-5H2,1H3. The van der Waals surface area contributed by atoms with E-state index in [2.05, 4.69) is 11.4 Å². The van der Waals surface area contributed by atoms with Crippen molar-refractivity contribution >= 4 is 0 Å². The number of nitrogens with one attached hydrogen (secondary N) is 1. The summed E-state index contributed by atoms with van der Waals surface area (Å²) < 4.78 is 0. The fourth-order valence-corrected chi connectivity index (χ4v) is 1.40. The van der Waals surface area contributed by atoms with Crippen LogP contribution in [-0.2, 0) is 0 Å². The van der Waals surface area contributed by atoms with Crippen LogP contribution in [0.25, 0.3) is 0 Å². The second-order valence-electron chi connectivity index (χ2n) is 2.65. The Morgan fingerprint density at radius 1 is 1.44 bits per heavy atom. The molecule has 0 spiro atoms. The molecule has 2 heteroatoms. The molecule has 0 atom stereocenters. The Bertz CT molecular complexity index is 128. The van der Waals surface area contributed by atoms with Crippen LogP contribution in [0.15, 0.2) is 0 Å². The fourth-order valence-electron chi connectivity index (χ4n) is 1.40. The topological polar surface area (TPSA) is 35.8 Å². The molecular weight excluding hydrogens is 112 g/mol. The van der Waals surface area contributed by atoms with Crippen LogP contribution in [0.4, 0.5) is 0 Å². The van der Waals surface area contributed by atoms with Gasteiger partial charge in [0, 0.05) is 0 Å². The summed E-state index contributed by atoms with van der Waals surface area (Å²) in [5.74, 6) is 0. The third kappa shape index (κ3) is 1.06. The van der Waals surface area contributed by atoms with Gasteiger partial charge in [0.05, 0.1) is 6.07 Å². The van der Waals surface area contributed by atoms with E-state index in [0.717, 1.165) is 12.8 Å². The van der Waals surface area contributed by atoms with Crippen molar-refractivity contribution in [3.63, 3.8) is 0 Å². The highest BCUT2D eigenvalue weighted by Crippen LogP contribution is 2.27. The van der Waals surface area contributed by atoms with E-state index in [-0.39, 0.29) is 5.54 Å². The highest BCUT2D eigenvalue weighted by atomic mass is 14.9. The minimum atomic E-state index is -0.167. The molecule has 9 heavy (non-hydrogen) atoms. The molecule has 1 aliphatic carbocycles. The Morgan fingerprint density at radius 2 is 2.00 bits per heavy atom. The van der Waals surface area contributed by atoms with Gasteiger partial charge in [-0.3, -0.25) is 0 Å². The molecule has 0 bridgehead atoms. The van der Waals surface area contributed by atoms with Crippen LogP contribution in [0.3, 0.4) is 0 Å². The minimum Gasteiger partial charge on any atom is -0.302 e. The average Bonchev–Trinajstić information content (AvgIpc) is 2.36. The summed E-state index contributed by atoms with van der Waals surface area (Å²) in [6, 6.07) is 2.32. The van der Waals surface area contributed by atoms with E-state index in [1.807, 2.05) is 7.05 Å². The average molecular weight is 124 g/mol. The van der Waals surface area contributed by atoms with Gasteiger partial charge in [-0.1, -0.05) is 12.8 Å². The van der Waals surface area contributed by atoms with Crippen LogP contribution >= 0.6 is 0 Å². The Kier molecular flexibility index (Phi) is 1.73. The summed E-state index contributed by atoms with van der Waals surface area (Å²) in [5, 5.41) is 11.8. The lowest BCUT2D eigenvalue weighted by Gasteiger charge is -2.17. The summed E-state index contributed by atoms with van der Waals surface area (Å²) in [6.07, 6.45) is 4.46. The van der Waals surface area contributed by atoms with Crippen molar-refractivity contribution in [2.75, 3.05) is 7.05 Å². The normalized spacial score (nSPS) is 23.6. The smallest absolute Gasteiger partial charge is 0.106 e. The second-order valence-corrected chi connectivity index (χ2v) is 2.65. The van der Waals surface area contributed by atoms with Crippen molar-refractivity contribution < 1.29 is 0 Å². The van der Waals surface area contributed by atoms with Gasteiger partial charge in [-0.15, -0.1) is 0 Å². The maximum atomic E-state index is 8.70. The van der Waals surface area contributed by atoms with Crippen LogP contribution in [0.1, 0.15) is 25.7 Å². The number of nitrogens with zero attached hydrogens (tertiary/aromatic N) is 1. The second kappa shape index (κ2) is 2.36. The molecule has 0 radical (unpaired) electrons. The lowest BCUT2D eigenvalue weighted by atomic mass is 10.0. The summed E-state index contributed by atoms with van der Waals surface area (Å²) in [7, 11) is 1.87. The number of nitriles is 1. The van der Waals surface area contributed by atoms with Crippen molar-refractivity contribution in [3.05, 3.63) is 0 Å². The molecule has 1 fully saturated rings. The lowest BCUT2D eigenvalue weighted by molar-refractivity contribution is 0.463. The molecule has 0 aliphatic heterocycles. The van der Waals surface area contributed by atoms with Crippen LogP contribution in [-0.4, -0.2) is 12.6 Å². The fraction of sp³-hybridized carbons (Fsp3) is 0.857. The molecule has 2 nitrogen and oxygen atoms in total. The third-order valence-electron chi connectivity index (χ3n) is 2.15. The Morgan fingerprint density at radius 3 is 2.22 bits per heavy atom. The van der Waals surface area contributed by atoms with Gasteiger partial charge in [0.1, 0.15) is 5.54 Å². The molecule has 0 saturated heterocycles. The molecule has 0 aromatic carbocycles. The van der Waals surface area contributed by atoms with E-state index in [0.29, 0.717) is 0 Å². The third-order valence-corrected chi connectivity index (χ3v) is 2.15. The van der Waals surface area contributed by atoms with E-state index in [1.54, 1.807) is 0 Å². The first-order valence-electron chi connectivity index (χ1n) is 3.43. The summed E-state index contributed by atoms with van der Waals surface area (Å²) in [6.45, 7) is 0. The number of hydrogen-bond donors (Lipinski definition) is 1. The first kappa shape index (κ1) is 6.57. The highest BCUT2D eigenvalue weighted by molar-refractivity contribution is 5.08. The van der Waals surface area contributed by atoms with Gasteiger partial charge in [0.2, 0.25) is 0 Å². The van der Waals surface area contributed by atoms with Crippen molar-refractivity contribution in [1.29, 1.82) is 5.26 Å². The van der Waals surface area contributed by atoms with Gasteiger partial charge >= 0.3 is 0 Å². The highest BCUT2D eigenvalue weighted by Gasteiger charge is 2.31. The quantitative estimate of drug-likeness (QED) is 0.567. The predicted molar refractivity (Wildman–Crippen MR) is 35.9 cm³/mol. The zero-order chi connectivity index (χ0) is 6.74. The first-order chi connectivity index (χ1) is 4.33. The first-order valence-corrected chi connectivity index (χ1v) is 3.43. The van der Waals surface area contributed by atoms with Gasteiger partial charge in [-0.25, -0.2) is 0 Å². The van der Waals surface area contributed by atoms with Crippen LogP contribution in [0, 0.1) is 11.3 Å². The Labute approximate surface area is 55.9 Å². The van der Waals surface area contributed by atoms with Crippen molar-refractivity contribution in [3.8, 4) is 6.07 Å². The molecular formula is C7H12N2. The number of rotatable bonds is 1. The molecule has 1 aliphatic rings. The molecule has 1 N–H and O–H groups in total. The van der Waals surface area contributed by atoms with Crippen molar-refractivity contribution in [2.45, 2.75) is 31.2 Å². The van der Waals surface area contributed by atoms with Gasteiger partial charge in [0.15, 0.2) is 0 Å².